The Balaban J connectivity index is 0. The molecule has 0 aromatic carbocycles. The lowest BCUT2D eigenvalue weighted by Crippen LogP contribution is -2.23. The van der Waals surface area contributed by atoms with Crippen molar-refractivity contribution in [1.82, 2.24) is 10.2 Å². The average molecular weight is 244 g/mol. The van der Waals surface area contributed by atoms with Gasteiger partial charge < -0.3 is 15.0 Å². The minimum atomic E-state index is -0.0677. The van der Waals surface area contributed by atoms with Crippen LogP contribution in [-0.4, -0.2) is 43.7 Å². The Kier molecular flexibility index (Phi) is 13.2. The maximum atomic E-state index is 4.99. The van der Waals surface area contributed by atoms with E-state index in [1.165, 1.54) is 32.3 Å². The van der Waals surface area contributed by atoms with Crippen molar-refractivity contribution in [3.8, 4) is 0 Å². The van der Waals surface area contributed by atoms with Gasteiger partial charge in [-0.3, -0.25) is 0 Å². The zero-order chi connectivity index (χ0) is 13.7. The lowest BCUT2D eigenvalue weighted by molar-refractivity contribution is 0.0775. The van der Waals surface area contributed by atoms with Gasteiger partial charge in [0, 0.05) is 13.1 Å². The highest BCUT2D eigenvalue weighted by atomic mass is 16.5. The summed E-state index contributed by atoms with van der Waals surface area (Å²) < 4.78 is 4.99. The zero-order valence-corrected chi connectivity index (χ0v) is 12.7. The smallest absolute Gasteiger partial charge is 0.0997 e. The SMILES string of the molecule is C=COC(C)(C)C.CC.CN1CCCNCC1. The van der Waals surface area contributed by atoms with Crippen LogP contribution in [0.25, 0.3) is 0 Å². The molecule has 1 fully saturated rings. The van der Waals surface area contributed by atoms with Crippen molar-refractivity contribution in [2.75, 3.05) is 33.2 Å². The number of ether oxygens (including phenoxy) is 1. The van der Waals surface area contributed by atoms with Crippen LogP contribution in [0.15, 0.2) is 12.8 Å². The van der Waals surface area contributed by atoms with Gasteiger partial charge in [-0.25, -0.2) is 0 Å². The van der Waals surface area contributed by atoms with Gasteiger partial charge in [-0.1, -0.05) is 20.4 Å². The van der Waals surface area contributed by atoms with Gasteiger partial charge >= 0.3 is 0 Å². The number of rotatable bonds is 1. The molecule has 1 saturated heterocycles. The summed E-state index contributed by atoms with van der Waals surface area (Å²) in [7, 11) is 2.17. The summed E-state index contributed by atoms with van der Waals surface area (Å²) in [5, 5.41) is 3.34. The summed E-state index contributed by atoms with van der Waals surface area (Å²) in [5.74, 6) is 0. The Bertz CT molecular complexity index is 156. The number of hydrogen-bond donors (Lipinski definition) is 1. The van der Waals surface area contributed by atoms with Gasteiger partial charge in [0.25, 0.3) is 0 Å². The molecule has 1 rings (SSSR count). The molecular weight excluding hydrogens is 212 g/mol. The highest BCUT2D eigenvalue weighted by Crippen LogP contribution is 2.05. The first kappa shape index (κ1) is 18.8. The second-order valence-corrected chi connectivity index (χ2v) is 4.80. The van der Waals surface area contributed by atoms with E-state index in [0.29, 0.717) is 0 Å². The molecule has 0 atom stereocenters. The van der Waals surface area contributed by atoms with Crippen molar-refractivity contribution < 1.29 is 4.74 Å². The monoisotopic (exact) mass is 244 g/mol. The molecule has 0 aromatic rings. The summed E-state index contributed by atoms with van der Waals surface area (Å²) in [6, 6.07) is 0. The van der Waals surface area contributed by atoms with E-state index in [2.05, 4.69) is 23.8 Å². The minimum absolute atomic E-state index is 0.0677. The highest BCUT2D eigenvalue weighted by Gasteiger charge is 2.05. The van der Waals surface area contributed by atoms with Crippen LogP contribution in [0.1, 0.15) is 41.0 Å². The molecule has 0 spiro atoms. The van der Waals surface area contributed by atoms with E-state index in [1.807, 2.05) is 34.6 Å². The lowest BCUT2D eigenvalue weighted by atomic mass is 10.2. The lowest BCUT2D eigenvalue weighted by Gasteiger charge is -2.16. The van der Waals surface area contributed by atoms with Crippen molar-refractivity contribution >= 4 is 0 Å². The van der Waals surface area contributed by atoms with Crippen LogP contribution in [0.2, 0.25) is 0 Å². The fourth-order valence-electron chi connectivity index (χ4n) is 1.23. The molecule has 17 heavy (non-hydrogen) atoms. The maximum Gasteiger partial charge on any atom is 0.0997 e. The Morgan fingerprint density at radius 3 is 2.18 bits per heavy atom. The summed E-state index contributed by atoms with van der Waals surface area (Å²) >= 11 is 0. The molecule has 1 heterocycles. The molecule has 0 aromatic heterocycles. The molecule has 1 aliphatic heterocycles. The summed E-state index contributed by atoms with van der Waals surface area (Å²) in [6.45, 7) is 18.2. The van der Waals surface area contributed by atoms with Gasteiger partial charge in [-0.05, 0) is 47.3 Å². The molecule has 104 valence electrons. The van der Waals surface area contributed by atoms with Gasteiger partial charge in [0.05, 0.1) is 11.9 Å². The second-order valence-electron chi connectivity index (χ2n) is 4.80. The number of hydrogen-bond acceptors (Lipinski definition) is 3. The topological polar surface area (TPSA) is 24.5 Å². The molecule has 1 N–H and O–H groups in total. The van der Waals surface area contributed by atoms with Crippen LogP contribution < -0.4 is 5.32 Å². The standard InChI is InChI=1S/C6H14N2.C6H12O.C2H6/c1-8-5-2-3-7-4-6-8;1-5-7-6(2,3)4;1-2/h7H,2-6H2,1H3;5H,1H2,2-4H3;1-2H3. The zero-order valence-electron chi connectivity index (χ0n) is 12.7. The molecule has 3 nitrogen and oxygen atoms in total. The minimum Gasteiger partial charge on any atom is -0.496 e. The fourth-order valence-corrected chi connectivity index (χ4v) is 1.23. The second kappa shape index (κ2) is 11.9. The summed E-state index contributed by atoms with van der Waals surface area (Å²) in [5.41, 5.74) is -0.0677. The van der Waals surface area contributed by atoms with Crippen LogP contribution in [0.5, 0.6) is 0 Å². The molecule has 0 saturated carbocycles. The van der Waals surface area contributed by atoms with Crippen LogP contribution >= 0.6 is 0 Å². The third kappa shape index (κ3) is 18.0. The van der Waals surface area contributed by atoms with E-state index >= 15 is 0 Å². The van der Waals surface area contributed by atoms with Crippen molar-refractivity contribution in [2.45, 2.75) is 46.6 Å². The highest BCUT2D eigenvalue weighted by molar-refractivity contribution is 4.63. The Morgan fingerprint density at radius 2 is 1.76 bits per heavy atom. The van der Waals surface area contributed by atoms with Crippen LogP contribution in [-0.2, 0) is 4.74 Å². The average Bonchev–Trinajstić information content (AvgIpc) is 2.48. The summed E-state index contributed by atoms with van der Waals surface area (Å²) in [6.07, 6.45) is 2.76. The Labute approximate surface area is 108 Å². The molecule has 1 aliphatic rings. The quantitative estimate of drug-likeness (QED) is 0.718. The first-order valence-corrected chi connectivity index (χ1v) is 6.63. The third-order valence-electron chi connectivity index (χ3n) is 2.00. The van der Waals surface area contributed by atoms with Crippen molar-refractivity contribution in [3.05, 3.63) is 12.8 Å². The Hall–Kier alpha value is -0.540. The van der Waals surface area contributed by atoms with Gasteiger partial charge in [-0.15, -0.1) is 0 Å². The predicted octanol–water partition coefficient (Wildman–Crippen LogP) is 2.88. The van der Waals surface area contributed by atoms with Gasteiger partial charge in [0.1, 0.15) is 0 Å². The van der Waals surface area contributed by atoms with Crippen molar-refractivity contribution in [1.29, 1.82) is 0 Å². The Morgan fingerprint density at radius 1 is 1.18 bits per heavy atom. The normalized spacial score (nSPS) is 16.6. The van der Waals surface area contributed by atoms with Gasteiger partial charge in [0.2, 0.25) is 0 Å². The van der Waals surface area contributed by atoms with Gasteiger partial charge in [0.15, 0.2) is 0 Å². The third-order valence-corrected chi connectivity index (χ3v) is 2.00. The predicted molar refractivity (Wildman–Crippen MR) is 77.4 cm³/mol. The first-order chi connectivity index (χ1) is 7.95. The molecule has 3 heteroatoms. The van der Waals surface area contributed by atoms with E-state index < -0.39 is 0 Å². The summed E-state index contributed by atoms with van der Waals surface area (Å²) in [4.78, 5) is 2.36. The van der Waals surface area contributed by atoms with E-state index in [0.717, 1.165) is 6.54 Å². The van der Waals surface area contributed by atoms with E-state index in [-0.39, 0.29) is 5.60 Å². The van der Waals surface area contributed by atoms with E-state index in [1.54, 1.807) is 0 Å². The van der Waals surface area contributed by atoms with E-state index in [9.17, 15) is 0 Å². The van der Waals surface area contributed by atoms with Crippen molar-refractivity contribution in [3.63, 3.8) is 0 Å². The number of nitrogens with one attached hydrogen (secondary N) is 1. The molecule has 0 radical (unpaired) electrons. The maximum absolute atomic E-state index is 4.99. The van der Waals surface area contributed by atoms with E-state index in [4.69, 9.17) is 4.74 Å². The fraction of sp³-hybridized carbons (Fsp3) is 0.857. The molecule has 0 amide bonds. The molecular formula is C14H32N2O. The molecule has 0 unspecified atom stereocenters. The van der Waals surface area contributed by atoms with Crippen LogP contribution in [0.3, 0.4) is 0 Å². The van der Waals surface area contributed by atoms with Crippen LogP contribution in [0.4, 0.5) is 0 Å². The number of nitrogens with zero attached hydrogens (tertiary/aromatic N) is 1. The van der Waals surface area contributed by atoms with Gasteiger partial charge in [-0.2, -0.15) is 0 Å². The molecule has 0 aliphatic carbocycles. The molecule has 0 bridgehead atoms. The van der Waals surface area contributed by atoms with Crippen molar-refractivity contribution in [2.24, 2.45) is 0 Å². The van der Waals surface area contributed by atoms with Crippen LogP contribution in [0, 0.1) is 0 Å². The first-order valence-electron chi connectivity index (χ1n) is 6.63. The number of likely N-dealkylation sites (N-methyl/N-ethyl adjacent to an activating group) is 1. The largest absolute Gasteiger partial charge is 0.496 e.